The molecule has 30 heavy (non-hydrogen) atoms. The van der Waals surface area contributed by atoms with Crippen molar-refractivity contribution in [3.63, 3.8) is 0 Å². The van der Waals surface area contributed by atoms with Crippen molar-refractivity contribution >= 4 is 11.8 Å². The van der Waals surface area contributed by atoms with Crippen LogP contribution in [-0.2, 0) is 19.7 Å². The van der Waals surface area contributed by atoms with Gasteiger partial charge in [0.1, 0.15) is 11.9 Å². The Morgan fingerprint density at radius 1 is 1.20 bits per heavy atom. The van der Waals surface area contributed by atoms with Crippen LogP contribution in [0.1, 0.15) is 88.4 Å². The summed E-state index contributed by atoms with van der Waals surface area (Å²) in [5.74, 6) is 0.0940. The molecule has 0 bridgehead atoms. The van der Waals surface area contributed by atoms with Gasteiger partial charge in [-0.1, -0.05) is 56.2 Å². The summed E-state index contributed by atoms with van der Waals surface area (Å²) in [6.45, 7) is 2.06. The van der Waals surface area contributed by atoms with Gasteiger partial charge < -0.3 is 14.9 Å². The van der Waals surface area contributed by atoms with Crippen molar-refractivity contribution in [2.45, 2.75) is 88.8 Å². The average molecular weight is 417 g/mol. The monoisotopic (exact) mass is 416 g/mol. The largest absolute Gasteiger partial charge is 0.469 e. The lowest BCUT2D eigenvalue weighted by Crippen LogP contribution is -2.23. The number of hydrogen-bond acceptors (Lipinski definition) is 5. The van der Waals surface area contributed by atoms with Crippen LogP contribution in [0.3, 0.4) is 0 Å². The van der Waals surface area contributed by atoms with Crippen molar-refractivity contribution in [3.05, 3.63) is 47.5 Å². The van der Waals surface area contributed by atoms with Gasteiger partial charge in [0.15, 0.2) is 0 Å². The van der Waals surface area contributed by atoms with Crippen molar-refractivity contribution in [1.29, 1.82) is 0 Å². The predicted octanol–water partition coefficient (Wildman–Crippen LogP) is 4.55. The molecule has 5 nitrogen and oxygen atoms in total. The third-order valence-corrected chi connectivity index (χ3v) is 6.16. The van der Waals surface area contributed by atoms with Gasteiger partial charge >= 0.3 is 5.97 Å². The second kappa shape index (κ2) is 12.0. The van der Waals surface area contributed by atoms with Crippen molar-refractivity contribution in [1.82, 2.24) is 0 Å². The maximum atomic E-state index is 12.1. The number of Topliss-reactive ketones (excluding diaryl/α,β-unsaturated/α-hetero) is 1. The van der Waals surface area contributed by atoms with Gasteiger partial charge in [-0.25, -0.2) is 0 Å². The lowest BCUT2D eigenvalue weighted by Gasteiger charge is -2.28. The molecule has 0 spiro atoms. The predicted molar refractivity (Wildman–Crippen MR) is 117 cm³/mol. The Kier molecular flexibility index (Phi) is 9.73. The third kappa shape index (κ3) is 6.78. The van der Waals surface area contributed by atoms with E-state index in [1.54, 1.807) is 0 Å². The SMILES string of the molecule is CCCC[C@H](O)C(O)c1ccc([C@@]2(C/C=C\CCCC(=O)OC)CCC(=O)C2)cc1. The van der Waals surface area contributed by atoms with Crippen LogP contribution in [0.25, 0.3) is 0 Å². The van der Waals surface area contributed by atoms with Crippen LogP contribution >= 0.6 is 0 Å². The lowest BCUT2D eigenvalue weighted by atomic mass is 9.75. The molecule has 2 rings (SSSR count). The Labute approximate surface area is 180 Å². The standard InChI is InChI=1S/C25H36O5/c1-3-4-9-22(27)24(29)19-11-13-20(14-12-19)25(17-15-21(26)18-25)16-8-6-5-7-10-23(28)30-2/h6,8,11-14,22,24,27,29H,3-5,7,9-10,15-18H2,1-2H3/b8-6-/t22-,24?,25-/m0/s1. The summed E-state index contributed by atoms with van der Waals surface area (Å²) in [6.07, 6.45) is 9.69. The molecule has 1 aromatic carbocycles. The van der Waals surface area contributed by atoms with Crippen LogP contribution in [0.4, 0.5) is 0 Å². The number of benzene rings is 1. The minimum Gasteiger partial charge on any atom is -0.469 e. The molecular weight excluding hydrogens is 380 g/mol. The maximum absolute atomic E-state index is 12.1. The highest BCUT2D eigenvalue weighted by Crippen LogP contribution is 2.43. The maximum Gasteiger partial charge on any atom is 0.305 e. The molecule has 0 heterocycles. The van der Waals surface area contributed by atoms with E-state index in [1.807, 2.05) is 24.3 Å². The highest BCUT2D eigenvalue weighted by atomic mass is 16.5. The van der Waals surface area contributed by atoms with E-state index in [9.17, 15) is 19.8 Å². The van der Waals surface area contributed by atoms with E-state index in [2.05, 4.69) is 23.8 Å². The fraction of sp³-hybridized carbons (Fsp3) is 0.600. The molecule has 1 aromatic rings. The summed E-state index contributed by atoms with van der Waals surface area (Å²) in [5.41, 5.74) is 1.60. The first-order valence-corrected chi connectivity index (χ1v) is 11.1. The number of esters is 1. The minimum atomic E-state index is -0.888. The van der Waals surface area contributed by atoms with Crippen LogP contribution in [0.15, 0.2) is 36.4 Å². The fourth-order valence-corrected chi connectivity index (χ4v) is 4.19. The first-order chi connectivity index (χ1) is 14.4. The zero-order chi connectivity index (χ0) is 22.0. The van der Waals surface area contributed by atoms with E-state index < -0.39 is 12.2 Å². The number of ether oxygens (including phenoxy) is 1. The van der Waals surface area contributed by atoms with Crippen molar-refractivity contribution in [3.8, 4) is 0 Å². The number of ketones is 1. The fourth-order valence-electron chi connectivity index (χ4n) is 4.19. The number of carbonyl (C=O) groups is 2. The molecule has 2 N–H and O–H groups in total. The number of carbonyl (C=O) groups excluding carboxylic acids is 2. The summed E-state index contributed by atoms with van der Waals surface area (Å²) >= 11 is 0. The number of methoxy groups -OCH3 is 1. The highest BCUT2D eigenvalue weighted by Gasteiger charge is 2.39. The topological polar surface area (TPSA) is 83.8 Å². The molecule has 1 unspecified atom stereocenters. The summed E-state index contributed by atoms with van der Waals surface area (Å²) in [4.78, 5) is 23.3. The van der Waals surface area contributed by atoms with Crippen molar-refractivity contribution in [2.24, 2.45) is 0 Å². The quantitative estimate of drug-likeness (QED) is 0.297. The normalized spacial score (nSPS) is 21.1. The van der Waals surface area contributed by atoms with Gasteiger partial charge in [0.25, 0.3) is 0 Å². The number of aliphatic hydroxyl groups is 2. The van der Waals surface area contributed by atoms with Crippen LogP contribution in [-0.4, -0.2) is 35.2 Å². The van der Waals surface area contributed by atoms with Crippen LogP contribution in [0.5, 0.6) is 0 Å². The van der Waals surface area contributed by atoms with Gasteiger partial charge in [-0.05, 0) is 43.2 Å². The molecule has 0 aliphatic heterocycles. The highest BCUT2D eigenvalue weighted by molar-refractivity contribution is 5.83. The summed E-state index contributed by atoms with van der Waals surface area (Å²) in [6, 6.07) is 7.74. The summed E-state index contributed by atoms with van der Waals surface area (Å²) in [5, 5.41) is 20.6. The molecule has 1 aliphatic rings. The Morgan fingerprint density at radius 2 is 1.93 bits per heavy atom. The van der Waals surface area contributed by atoms with Gasteiger partial charge in [0.2, 0.25) is 0 Å². The van der Waals surface area contributed by atoms with Crippen LogP contribution in [0.2, 0.25) is 0 Å². The molecule has 1 saturated carbocycles. The van der Waals surface area contributed by atoms with Crippen LogP contribution < -0.4 is 0 Å². The van der Waals surface area contributed by atoms with E-state index in [0.29, 0.717) is 31.2 Å². The van der Waals surface area contributed by atoms with Gasteiger partial charge in [-0.2, -0.15) is 0 Å². The zero-order valence-electron chi connectivity index (χ0n) is 18.3. The molecule has 1 aliphatic carbocycles. The molecular formula is C25H36O5. The lowest BCUT2D eigenvalue weighted by molar-refractivity contribution is -0.140. The van der Waals surface area contributed by atoms with Crippen molar-refractivity contribution < 1.29 is 24.5 Å². The summed E-state index contributed by atoms with van der Waals surface area (Å²) in [7, 11) is 1.40. The van der Waals surface area contributed by atoms with Crippen molar-refractivity contribution in [2.75, 3.05) is 7.11 Å². The Morgan fingerprint density at radius 3 is 2.53 bits per heavy atom. The number of unbranched alkanes of at least 4 members (excludes halogenated alkanes) is 2. The number of allylic oxidation sites excluding steroid dienone is 2. The number of rotatable bonds is 12. The number of aliphatic hydroxyl groups excluding tert-OH is 2. The second-order valence-electron chi connectivity index (χ2n) is 8.42. The molecule has 0 saturated heterocycles. The van der Waals surface area contributed by atoms with E-state index >= 15 is 0 Å². The van der Waals surface area contributed by atoms with E-state index in [4.69, 9.17) is 0 Å². The molecule has 5 heteroatoms. The molecule has 0 amide bonds. The Bertz CT molecular complexity index is 709. The zero-order valence-corrected chi connectivity index (χ0v) is 18.3. The molecule has 0 radical (unpaired) electrons. The molecule has 3 atom stereocenters. The minimum absolute atomic E-state index is 0.191. The third-order valence-electron chi connectivity index (χ3n) is 6.16. The molecule has 166 valence electrons. The molecule has 1 fully saturated rings. The average Bonchev–Trinajstić information content (AvgIpc) is 3.15. The van der Waals surface area contributed by atoms with Gasteiger partial charge in [-0.15, -0.1) is 0 Å². The number of hydrogen-bond donors (Lipinski definition) is 2. The van der Waals surface area contributed by atoms with Gasteiger partial charge in [-0.3, -0.25) is 9.59 Å². The van der Waals surface area contributed by atoms with E-state index in [1.165, 1.54) is 7.11 Å². The Hall–Kier alpha value is -1.98. The smallest absolute Gasteiger partial charge is 0.305 e. The van der Waals surface area contributed by atoms with Crippen LogP contribution in [0, 0.1) is 0 Å². The van der Waals surface area contributed by atoms with Gasteiger partial charge in [0.05, 0.1) is 13.2 Å². The van der Waals surface area contributed by atoms with E-state index in [0.717, 1.165) is 44.1 Å². The Balaban J connectivity index is 2.02. The van der Waals surface area contributed by atoms with E-state index in [-0.39, 0.29) is 17.2 Å². The van der Waals surface area contributed by atoms with Gasteiger partial charge in [0, 0.05) is 24.7 Å². The molecule has 0 aromatic heterocycles. The first kappa shape index (κ1) is 24.3. The second-order valence-corrected chi connectivity index (χ2v) is 8.42. The summed E-state index contributed by atoms with van der Waals surface area (Å²) < 4.78 is 4.65. The first-order valence-electron chi connectivity index (χ1n) is 11.1.